The zero-order valence-electron chi connectivity index (χ0n) is 8.81. The van der Waals surface area contributed by atoms with Crippen molar-refractivity contribution in [3.63, 3.8) is 0 Å². The van der Waals surface area contributed by atoms with E-state index in [1.807, 2.05) is 0 Å². The fourth-order valence-electron chi connectivity index (χ4n) is 2.07. The molecule has 73 valence electrons. The van der Waals surface area contributed by atoms with Crippen LogP contribution in [0.1, 0.15) is 27.7 Å². The van der Waals surface area contributed by atoms with Crippen LogP contribution in [0.2, 0.25) is 16.5 Å². The summed E-state index contributed by atoms with van der Waals surface area (Å²) in [4.78, 5) is 10.6. The third kappa shape index (κ3) is 1.99. The van der Waals surface area contributed by atoms with E-state index in [1.54, 1.807) is 0 Å². The Hall–Kier alpha value is 0.353. The van der Waals surface area contributed by atoms with Crippen LogP contribution in [-0.2, 0) is 23.9 Å². The summed E-state index contributed by atoms with van der Waals surface area (Å²) in [6.45, 7) is 8.94. The third-order valence-electron chi connectivity index (χ3n) is 4.17. The summed E-state index contributed by atoms with van der Waals surface area (Å²) >= 11 is -2.73. The van der Waals surface area contributed by atoms with Gasteiger partial charge in [0.05, 0.1) is 0 Å². The summed E-state index contributed by atoms with van der Waals surface area (Å²) < 4.78 is 8.09. The first-order valence-corrected chi connectivity index (χ1v) is 13.2. The second-order valence-corrected chi connectivity index (χ2v) is 22.4. The summed E-state index contributed by atoms with van der Waals surface area (Å²) in [6, 6.07) is 0. The summed E-state index contributed by atoms with van der Waals surface area (Å²) in [5.74, 6) is 0. The number of amides is 1. The van der Waals surface area contributed by atoms with Crippen LogP contribution in [-0.4, -0.2) is 6.41 Å². The van der Waals surface area contributed by atoms with E-state index in [0.29, 0.717) is 0 Å². The third-order valence-corrected chi connectivity index (χ3v) is 24.7. The number of hydrogen-bond acceptors (Lipinski definition) is 1. The van der Waals surface area contributed by atoms with E-state index in [-0.39, 0.29) is 0 Å². The predicted molar refractivity (Wildman–Crippen MR) is 51.1 cm³/mol. The molecule has 0 saturated carbocycles. The van der Waals surface area contributed by atoms with Gasteiger partial charge in [0.2, 0.25) is 0 Å². The maximum atomic E-state index is 10.6. The molecule has 3 heteroatoms. The Labute approximate surface area is 77.6 Å². The minimum absolute atomic E-state index is 0.936. The van der Waals surface area contributed by atoms with Gasteiger partial charge >= 0.3 is 77.7 Å². The van der Waals surface area contributed by atoms with Gasteiger partial charge in [0.15, 0.2) is 0 Å². The van der Waals surface area contributed by atoms with Crippen molar-refractivity contribution in [1.29, 1.82) is 0 Å². The molecule has 0 aromatic carbocycles. The van der Waals surface area contributed by atoms with Gasteiger partial charge in [-0.1, -0.05) is 0 Å². The summed E-state index contributed by atoms with van der Waals surface area (Å²) in [5.41, 5.74) is 0. The fourth-order valence-corrected chi connectivity index (χ4v) is 12.3. The summed E-state index contributed by atoms with van der Waals surface area (Å²) in [6.07, 6.45) is 0.936. The molecule has 0 radical (unpaired) electrons. The average molecular weight is 252 g/mol. The molecule has 1 amide bonds. The number of carbonyl (C=O) groups is 1. The van der Waals surface area contributed by atoms with Gasteiger partial charge in [-0.3, -0.25) is 0 Å². The summed E-state index contributed by atoms with van der Waals surface area (Å²) in [7, 11) is 0. The molecule has 0 aliphatic heterocycles. The van der Waals surface area contributed by atoms with Crippen LogP contribution in [0.15, 0.2) is 0 Å². The Morgan fingerprint density at radius 1 is 1.00 bits per heavy atom. The molecule has 0 fully saturated rings. The molecule has 0 aliphatic carbocycles. The zero-order chi connectivity index (χ0) is 9.69. The van der Waals surface area contributed by atoms with Gasteiger partial charge in [0, 0.05) is 0 Å². The molecule has 0 bridgehead atoms. The van der Waals surface area contributed by atoms with Crippen LogP contribution in [0.5, 0.6) is 0 Å². The molecule has 1 N–H and O–H groups in total. The van der Waals surface area contributed by atoms with E-state index in [4.69, 9.17) is 0 Å². The van der Waals surface area contributed by atoms with Crippen molar-refractivity contribution in [1.82, 2.24) is 3.26 Å². The molecule has 0 atom stereocenters. The van der Waals surface area contributed by atoms with Gasteiger partial charge in [-0.15, -0.1) is 0 Å². The monoisotopic (exact) mass is 250 g/mol. The van der Waals surface area contributed by atoms with Gasteiger partial charge in [-0.25, -0.2) is 0 Å². The molecule has 0 rings (SSSR count). The van der Waals surface area contributed by atoms with Crippen molar-refractivity contribution >= 4 is 6.41 Å². The van der Waals surface area contributed by atoms with Crippen molar-refractivity contribution in [2.24, 2.45) is 0 Å². The molecule has 2 nitrogen and oxygen atoms in total. The van der Waals surface area contributed by atoms with Crippen molar-refractivity contribution in [2.45, 2.75) is 44.2 Å². The fraction of sp³-hybridized carbons (Fsp3) is 0.889. The topological polar surface area (TPSA) is 29.1 Å². The Morgan fingerprint density at radius 3 is 1.42 bits per heavy atom. The van der Waals surface area contributed by atoms with Gasteiger partial charge in [0.1, 0.15) is 0 Å². The van der Waals surface area contributed by atoms with Crippen LogP contribution in [0.3, 0.4) is 0 Å². The van der Waals surface area contributed by atoms with E-state index in [9.17, 15) is 4.79 Å². The number of hydrogen-bond donors (Lipinski definition) is 1. The van der Waals surface area contributed by atoms with Gasteiger partial charge in [0.25, 0.3) is 0 Å². The molecule has 0 aromatic heterocycles. The van der Waals surface area contributed by atoms with Crippen LogP contribution in [0.4, 0.5) is 0 Å². The molecule has 0 saturated heterocycles. The quantitative estimate of drug-likeness (QED) is 0.722. The van der Waals surface area contributed by atoms with Gasteiger partial charge < -0.3 is 0 Å². The molecular formula is C9H22NOZr. The van der Waals surface area contributed by atoms with E-state index < -0.39 is 19.1 Å². The minimum atomic E-state index is -2.73. The molecule has 0 aliphatic rings. The molecule has 0 heterocycles. The van der Waals surface area contributed by atoms with Crippen LogP contribution in [0, 0.1) is 0 Å². The van der Waals surface area contributed by atoms with Crippen LogP contribution < -0.4 is 3.26 Å². The van der Waals surface area contributed by atoms with Gasteiger partial charge in [-0.05, 0) is 0 Å². The van der Waals surface area contributed by atoms with Crippen LogP contribution in [0.25, 0.3) is 0 Å². The predicted octanol–water partition coefficient (Wildman–Crippen LogP) is 3.09. The molecular weight excluding hydrogens is 229 g/mol. The Kier molecular flexibility index (Phi) is 4.68. The first-order valence-electron chi connectivity index (χ1n) is 5.02. The Balaban J connectivity index is 4.82. The van der Waals surface area contributed by atoms with E-state index >= 15 is 0 Å². The zero-order valence-corrected chi connectivity index (χ0v) is 11.3. The Bertz CT molecular complexity index is 131. The van der Waals surface area contributed by atoms with Crippen molar-refractivity contribution in [3.8, 4) is 0 Å². The van der Waals surface area contributed by atoms with Crippen molar-refractivity contribution in [2.75, 3.05) is 0 Å². The normalized spacial score (nSPS) is 14.8. The van der Waals surface area contributed by atoms with Crippen molar-refractivity contribution in [3.05, 3.63) is 0 Å². The number of carbonyl (C=O) groups excluding carboxylic acids is 1. The Morgan fingerprint density at radius 2 is 1.33 bits per heavy atom. The maximum absolute atomic E-state index is 10.6. The van der Waals surface area contributed by atoms with E-state index in [2.05, 4.69) is 31.0 Å². The molecule has 0 unspecified atom stereocenters. The standard InChI is InChI=1S/4C2H5.CH3NO.Zr/c4*1-2;2-1-3;/h4*1H2,2H3;1H,(H2,2,3);/q;;;;;+1/p-1. The number of nitrogens with one attached hydrogen (secondary N) is 1. The van der Waals surface area contributed by atoms with E-state index in [1.165, 1.54) is 16.5 Å². The molecule has 12 heavy (non-hydrogen) atoms. The summed E-state index contributed by atoms with van der Waals surface area (Å²) in [5, 5.41) is 0. The SMILES string of the molecule is C[CH2][Zr]([CH2]C)([CH2]C)([CH2]C)[NH]C=O. The van der Waals surface area contributed by atoms with Gasteiger partial charge in [-0.2, -0.15) is 0 Å². The van der Waals surface area contributed by atoms with Crippen LogP contribution >= 0.6 is 0 Å². The molecule has 0 aromatic rings. The van der Waals surface area contributed by atoms with Crippen molar-refractivity contribution < 1.29 is 23.9 Å². The van der Waals surface area contributed by atoms with E-state index in [0.717, 1.165) is 6.41 Å². The first kappa shape index (κ1) is 12.4. The number of rotatable bonds is 6. The first-order chi connectivity index (χ1) is 5.62. The second kappa shape index (κ2) is 4.55. The molecule has 0 spiro atoms. The second-order valence-electron chi connectivity index (χ2n) is 3.88. The average Bonchev–Trinajstić information content (AvgIpc) is 2.16.